The van der Waals surface area contributed by atoms with Crippen molar-refractivity contribution in [3.63, 3.8) is 0 Å². The van der Waals surface area contributed by atoms with Crippen LogP contribution in [0.4, 0.5) is 0 Å². The van der Waals surface area contributed by atoms with Gasteiger partial charge in [-0.2, -0.15) is 0 Å². The van der Waals surface area contributed by atoms with Crippen LogP contribution in [-0.2, 0) is 9.53 Å². The lowest BCUT2D eigenvalue weighted by Gasteiger charge is -2.55. The molecule has 0 aliphatic heterocycles. The maximum atomic E-state index is 13.0. The molecule has 0 radical (unpaired) electrons. The van der Waals surface area contributed by atoms with Crippen LogP contribution in [0.15, 0.2) is 11.6 Å². The number of hydrogen-bond acceptors (Lipinski definition) is 2. The summed E-state index contributed by atoms with van der Waals surface area (Å²) < 4.78 is 6.31. The number of ether oxygens (including phenoxy) is 1. The van der Waals surface area contributed by atoms with Crippen LogP contribution in [-0.4, -0.2) is 11.6 Å². The van der Waals surface area contributed by atoms with Crippen LogP contribution >= 0.6 is 0 Å². The van der Waals surface area contributed by atoms with Crippen molar-refractivity contribution in [1.82, 2.24) is 0 Å². The van der Waals surface area contributed by atoms with Crippen LogP contribution in [0.1, 0.15) is 103 Å². The lowest BCUT2D eigenvalue weighted by molar-refractivity contribution is -0.182. The summed E-state index contributed by atoms with van der Waals surface area (Å²) in [5.74, 6) is 2.55. The first-order chi connectivity index (χ1) is 12.2. The van der Waals surface area contributed by atoms with Gasteiger partial charge in [0.05, 0.1) is 0 Å². The average Bonchev–Trinajstić information content (AvgIpc) is 2.53. The van der Waals surface area contributed by atoms with E-state index < -0.39 is 0 Å². The van der Waals surface area contributed by atoms with E-state index in [1.54, 1.807) is 0 Å². The van der Waals surface area contributed by atoms with E-state index in [2.05, 4.69) is 6.08 Å². The van der Waals surface area contributed by atoms with Crippen LogP contribution in [0.3, 0.4) is 0 Å². The number of hydrogen-bond donors (Lipinski definition) is 0. The van der Waals surface area contributed by atoms with Gasteiger partial charge in [0, 0.05) is 5.57 Å². The highest BCUT2D eigenvalue weighted by atomic mass is 16.6. The number of allylic oxidation sites excluding steroid dienone is 1. The zero-order valence-corrected chi connectivity index (χ0v) is 15.9. The molecule has 5 rings (SSSR count). The Morgan fingerprint density at radius 1 is 0.800 bits per heavy atom. The summed E-state index contributed by atoms with van der Waals surface area (Å²) in [6.07, 6.45) is 22.3. The Hall–Kier alpha value is -0.790. The van der Waals surface area contributed by atoms with Crippen molar-refractivity contribution in [1.29, 1.82) is 0 Å². The van der Waals surface area contributed by atoms with E-state index in [0.29, 0.717) is 0 Å². The maximum Gasteiger partial charge on any atom is 0.334 e. The van der Waals surface area contributed by atoms with Gasteiger partial charge in [-0.1, -0.05) is 44.6 Å². The summed E-state index contributed by atoms with van der Waals surface area (Å²) in [5, 5.41) is 0. The molecule has 2 heteroatoms. The number of rotatable bonds is 2. The molecule has 4 fully saturated rings. The monoisotopic (exact) mass is 344 g/mol. The van der Waals surface area contributed by atoms with Crippen molar-refractivity contribution in [3.05, 3.63) is 11.6 Å². The molecule has 0 amide bonds. The zero-order valence-electron chi connectivity index (χ0n) is 15.9. The van der Waals surface area contributed by atoms with Crippen molar-refractivity contribution >= 4 is 5.97 Å². The molecular weight excluding hydrogens is 308 g/mol. The number of esters is 1. The predicted molar refractivity (Wildman–Crippen MR) is 101 cm³/mol. The zero-order chi connectivity index (χ0) is 17.1. The molecule has 5 aliphatic rings. The molecule has 0 saturated heterocycles. The van der Waals surface area contributed by atoms with Gasteiger partial charge in [-0.3, -0.25) is 0 Å². The molecule has 0 atom stereocenters. The normalized spacial score (nSPS) is 41.3. The van der Waals surface area contributed by atoms with Gasteiger partial charge in [0.1, 0.15) is 5.60 Å². The molecule has 0 unspecified atom stereocenters. The topological polar surface area (TPSA) is 26.3 Å². The first-order valence-electron chi connectivity index (χ1n) is 11.1. The molecule has 0 N–H and O–H groups in total. The Morgan fingerprint density at radius 2 is 1.32 bits per heavy atom. The van der Waals surface area contributed by atoms with Crippen molar-refractivity contribution < 1.29 is 9.53 Å². The van der Waals surface area contributed by atoms with Gasteiger partial charge in [0.15, 0.2) is 0 Å². The van der Waals surface area contributed by atoms with E-state index in [0.717, 1.165) is 61.9 Å². The van der Waals surface area contributed by atoms with Gasteiger partial charge in [-0.15, -0.1) is 0 Å². The second kappa shape index (κ2) is 7.84. The van der Waals surface area contributed by atoms with E-state index in [-0.39, 0.29) is 11.6 Å². The fourth-order valence-electron chi connectivity index (χ4n) is 6.50. The average molecular weight is 345 g/mol. The van der Waals surface area contributed by atoms with Gasteiger partial charge in [-0.05, 0) is 82.0 Å². The highest BCUT2D eigenvalue weighted by molar-refractivity contribution is 5.88. The Bertz CT molecular complexity index is 469. The number of carbonyl (C=O) groups excluding carboxylic acids is 1. The van der Waals surface area contributed by atoms with E-state index in [4.69, 9.17) is 4.74 Å². The van der Waals surface area contributed by atoms with Crippen LogP contribution in [0.25, 0.3) is 0 Å². The molecule has 0 aromatic rings. The minimum atomic E-state index is -0.0869. The second-order valence-electron chi connectivity index (χ2n) is 9.59. The standard InChI is InChI=1S/C23H36O2/c24-22(21-10-8-6-4-2-1-3-5-7-9-11-21)25-23-15-18-12-19(16-23)14-20(13-18)17-23/h10,18-20H,1-9,11-17H2/b21-10+. The molecule has 140 valence electrons. The van der Waals surface area contributed by atoms with Crippen molar-refractivity contribution in [2.24, 2.45) is 17.8 Å². The van der Waals surface area contributed by atoms with Crippen LogP contribution in [0, 0.1) is 17.8 Å². The van der Waals surface area contributed by atoms with Gasteiger partial charge in [-0.25, -0.2) is 4.79 Å². The molecule has 4 saturated carbocycles. The van der Waals surface area contributed by atoms with Gasteiger partial charge in [0.2, 0.25) is 0 Å². The predicted octanol–water partition coefficient (Wildman–Crippen LogP) is 6.34. The first kappa shape index (κ1) is 17.6. The molecule has 2 nitrogen and oxygen atoms in total. The highest BCUT2D eigenvalue weighted by Gasteiger charge is 2.53. The maximum absolute atomic E-state index is 13.0. The Labute approximate surface area is 153 Å². The fourth-order valence-corrected chi connectivity index (χ4v) is 6.50. The van der Waals surface area contributed by atoms with Gasteiger partial charge < -0.3 is 4.74 Å². The molecule has 0 aromatic heterocycles. The van der Waals surface area contributed by atoms with Gasteiger partial charge in [0.25, 0.3) is 0 Å². The Morgan fingerprint density at radius 3 is 1.92 bits per heavy atom. The fraction of sp³-hybridized carbons (Fsp3) is 0.870. The Balaban J connectivity index is 1.39. The first-order valence-corrected chi connectivity index (χ1v) is 11.1. The minimum absolute atomic E-state index is 0.0407. The molecule has 0 heterocycles. The molecule has 25 heavy (non-hydrogen) atoms. The number of carbonyl (C=O) groups is 1. The molecule has 4 bridgehead atoms. The lowest BCUT2D eigenvalue weighted by atomic mass is 9.54. The molecule has 0 aromatic carbocycles. The summed E-state index contributed by atoms with van der Waals surface area (Å²) in [6.45, 7) is 0. The lowest BCUT2D eigenvalue weighted by Crippen LogP contribution is -2.52. The largest absolute Gasteiger partial charge is 0.456 e. The van der Waals surface area contributed by atoms with Crippen molar-refractivity contribution in [3.8, 4) is 0 Å². The third-order valence-electron chi connectivity index (χ3n) is 7.34. The summed E-state index contributed by atoms with van der Waals surface area (Å²) in [7, 11) is 0. The summed E-state index contributed by atoms with van der Waals surface area (Å²) in [6, 6.07) is 0. The summed E-state index contributed by atoms with van der Waals surface area (Å²) >= 11 is 0. The van der Waals surface area contributed by atoms with E-state index in [1.807, 2.05) is 0 Å². The molecular formula is C23H36O2. The van der Waals surface area contributed by atoms with E-state index in [1.165, 1.54) is 64.2 Å². The summed E-state index contributed by atoms with van der Waals surface area (Å²) in [4.78, 5) is 13.0. The van der Waals surface area contributed by atoms with Gasteiger partial charge >= 0.3 is 5.97 Å². The van der Waals surface area contributed by atoms with Crippen molar-refractivity contribution in [2.75, 3.05) is 0 Å². The van der Waals surface area contributed by atoms with E-state index >= 15 is 0 Å². The molecule has 0 spiro atoms. The minimum Gasteiger partial charge on any atom is -0.456 e. The second-order valence-corrected chi connectivity index (χ2v) is 9.59. The van der Waals surface area contributed by atoms with Crippen LogP contribution < -0.4 is 0 Å². The van der Waals surface area contributed by atoms with Crippen molar-refractivity contribution in [2.45, 2.75) is 108 Å². The molecule has 5 aliphatic carbocycles. The third kappa shape index (κ3) is 4.31. The third-order valence-corrected chi connectivity index (χ3v) is 7.34. The highest BCUT2D eigenvalue weighted by Crippen LogP contribution is 2.57. The van der Waals surface area contributed by atoms with E-state index in [9.17, 15) is 4.79 Å². The smallest absolute Gasteiger partial charge is 0.334 e. The quantitative estimate of drug-likeness (QED) is 0.546. The SMILES string of the molecule is O=C(OC12CC3CC(CC(C3)C1)C2)/C1=C/CCCCCCCCCC1. The summed E-state index contributed by atoms with van der Waals surface area (Å²) in [5.41, 5.74) is 0.910. The van der Waals surface area contributed by atoms with Crippen LogP contribution in [0.5, 0.6) is 0 Å². The van der Waals surface area contributed by atoms with Crippen LogP contribution in [0.2, 0.25) is 0 Å². The Kier molecular flexibility index (Phi) is 5.53.